The van der Waals surface area contributed by atoms with E-state index >= 15 is 4.39 Å². The Balaban J connectivity index is 1.38. The Morgan fingerprint density at radius 1 is 0.905 bits per heavy atom. The molecule has 2 aromatic heterocycles. The Morgan fingerprint density at radius 2 is 1.67 bits per heavy atom. The number of rotatable bonds is 11. The van der Waals surface area contributed by atoms with Crippen molar-refractivity contribution in [3.8, 4) is 28.6 Å². The van der Waals surface area contributed by atoms with Crippen LogP contribution in [0.1, 0.15) is 30.9 Å². The third kappa shape index (κ3) is 5.85. The van der Waals surface area contributed by atoms with E-state index in [1.807, 2.05) is 74.0 Å². The van der Waals surface area contributed by atoms with Crippen LogP contribution in [0.4, 0.5) is 8.78 Å². The maximum atomic E-state index is 15.2. The first-order valence-electron chi connectivity index (χ1n) is 13.3. The van der Waals surface area contributed by atoms with E-state index in [4.69, 9.17) is 14.2 Å². The number of thioether (sulfide) groups is 1. The Hall–Kier alpha value is -4.31. The van der Waals surface area contributed by atoms with E-state index < -0.39 is 17.0 Å². The summed E-state index contributed by atoms with van der Waals surface area (Å²) in [6.07, 6.45) is 5.41. The lowest BCUT2D eigenvalue weighted by atomic mass is 9.81. The van der Waals surface area contributed by atoms with Gasteiger partial charge in [0.2, 0.25) is 0 Å². The number of ether oxygens (including phenoxy) is 3. The molecule has 0 radical (unpaired) electrons. The van der Waals surface area contributed by atoms with Crippen molar-refractivity contribution in [3.63, 3.8) is 0 Å². The fraction of sp³-hybridized carbons (Fsp3) is 0.250. The number of aryl methyl sites for hydroxylation is 1. The van der Waals surface area contributed by atoms with Gasteiger partial charge in [0.05, 0.1) is 38.4 Å². The molecule has 7 nitrogen and oxygen atoms in total. The van der Waals surface area contributed by atoms with E-state index in [0.717, 1.165) is 34.6 Å². The fourth-order valence-electron chi connectivity index (χ4n) is 4.79. The zero-order chi connectivity index (χ0) is 29.9. The first-order chi connectivity index (χ1) is 20.2. The molecule has 2 heterocycles. The zero-order valence-corrected chi connectivity index (χ0v) is 24.9. The van der Waals surface area contributed by atoms with Gasteiger partial charge in [-0.25, -0.2) is 18.7 Å². The first kappa shape index (κ1) is 29.2. The summed E-state index contributed by atoms with van der Waals surface area (Å²) < 4.78 is 49.7. The van der Waals surface area contributed by atoms with Crippen molar-refractivity contribution in [2.24, 2.45) is 0 Å². The van der Waals surface area contributed by atoms with E-state index in [-0.39, 0.29) is 5.69 Å². The molecular weight excluding hydrogens is 558 g/mol. The molecule has 0 fully saturated rings. The van der Waals surface area contributed by atoms with Crippen molar-refractivity contribution in [2.45, 2.75) is 31.3 Å². The summed E-state index contributed by atoms with van der Waals surface area (Å²) in [5, 5.41) is 0.568. The Bertz CT molecular complexity index is 1680. The van der Waals surface area contributed by atoms with Crippen LogP contribution < -0.4 is 14.2 Å². The van der Waals surface area contributed by atoms with Gasteiger partial charge in [0.15, 0.2) is 16.7 Å². The second-order valence-corrected chi connectivity index (χ2v) is 11.1. The molecule has 0 saturated heterocycles. The minimum absolute atomic E-state index is 0.214. The average molecular weight is 591 g/mol. The number of benzene rings is 3. The average Bonchev–Trinajstić information content (AvgIpc) is 3.62. The Labute approximate surface area is 248 Å². The highest BCUT2D eigenvalue weighted by atomic mass is 32.2. The van der Waals surface area contributed by atoms with Gasteiger partial charge in [0.1, 0.15) is 23.2 Å². The normalized spacial score (nSPS) is 11.5. The van der Waals surface area contributed by atoms with Gasteiger partial charge in [0, 0.05) is 35.3 Å². The summed E-state index contributed by atoms with van der Waals surface area (Å²) in [7, 11) is 3.16. The van der Waals surface area contributed by atoms with E-state index in [9.17, 15) is 4.39 Å². The van der Waals surface area contributed by atoms with Gasteiger partial charge in [-0.3, -0.25) is 4.57 Å². The first-order valence-corrected chi connectivity index (χ1v) is 14.3. The lowest BCUT2D eigenvalue weighted by Gasteiger charge is -2.28. The van der Waals surface area contributed by atoms with Crippen molar-refractivity contribution >= 4 is 11.8 Å². The molecule has 0 spiro atoms. The zero-order valence-electron chi connectivity index (χ0n) is 24.1. The van der Waals surface area contributed by atoms with Gasteiger partial charge in [0.25, 0.3) is 0 Å². The maximum absolute atomic E-state index is 15.2. The summed E-state index contributed by atoms with van der Waals surface area (Å²) in [4.78, 5) is 8.92. The standard InChI is InChI=1S/C32H32F2N4O3S/c1-21-35-14-15-37(21)24-8-10-25(11-9-24)41-16-17-42-31-36-20-30(38(31)27-12-7-23(33)19-26(27)34)32(2,3)22-6-13-28(39-4)29(18-22)40-5/h6-15,18-20H,16-17H2,1-5H3. The molecule has 0 bridgehead atoms. The van der Waals surface area contributed by atoms with Crippen LogP contribution >= 0.6 is 11.8 Å². The number of aromatic nitrogens is 4. The van der Waals surface area contributed by atoms with Crippen molar-refractivity contribution in [1.82, 2.24) is 19.1 Å². The number of imidazole rings is 2. The number of halogens is 2. The lowest BCUT2D eigenvalue weighted by molar-refractivity contribution is 0.344. The predicted molar refractivity (Wildman–Crippen MR) is 160 cm³/mol. The molecule has 3 aromatic carbocycles. The third-order valence-corrected chi connectivity index (χ3v) is 8.07. The van der Waals surface area contributed by atoms with Crippen molar-refractivity contribution in [1.29, 1.82) is 0 Å². The monoisotopic (exact) mass is 590 g/mol. The van der Waals surface area contributed by atoms with Crippen molar-refractivity contribution < 1.29 is 23.0 Å². The SMILES string of the molecule is COc1ccc(C(C)(C)c2cnc(SCCOc3ccc(-n4ccnc4C)cc3)n2-c2ccc(F)cc2F)cc1OC. The molecule has 0 unspecified atom stereocenters. The van der Waals surface area contributed by atoms with E-state index in [2.05, 4.69) is 9.97 Å². The molecule has 5 rings (SSSR count). The van der Waals surface area contributed by atoms with Crippen LogP contribution in [-0.2, 0) is 5.41 Å². The van der Waals surface area contributed by atoms with Crippen LogP contribution in [-0.4, -0.2) is 45.7 Å². The summed E-state index contributed by atoms with van der Waals surface area (Å²) in [6.45, 7) is 6.40. The second kappa shape index (κ2) is 12.3. The van der Waals surface area contributed by atoms with Crippen LogP contribution in [0, 0.1) is 18.6 Å². The molecule has 0 aliphatic carbocycles. The molecule has 10 heteroatoms. The minimum Gasteiger partial charge on any atom is -0.493 e. The molecule has 0 N–H and O–H groups in total. The van der Waals surface area contributed by atoms with Crippen LogP contribution in [0.25, 0.3) is 11.4 Å². The Morgan fingerprint density at radius 3 is 2.33 bits per heavy atom. The highest BCUT2D eigenvalue weighted by Crippen LogP contribution is 2.39. The van der Waals surface area contributed by atoms with Crippen molar-refractivity contribution in [3.05, 3.63) is 108 Å². The number of hydrogen-bond donors (Lipinski definition) is 0. The van der Waals surface area contributed by atoms with E-state index in [1.54, 1.807) is 31.2 Å². The maximum Gasteiger partial charge on any atom is 0.173 e. The molecule has 5 aromatic rings. The highest BCUT2D eigenvalue weighted by Gasteiger charge is 2.31. The summed E-state index contributed by atoms with van der Waals surface area (Å²) >= 11 is 1.43. The molecule has 218 valence electrons. The number of nitrogens with zero attached hydrogens (tertiary/aromatic N) is 4. The van der Waals surface area contributed by atoms with E-state index in [0.29, 0.717) is 29.0 Å². The summed E-state index contributed by atoms with van der Waals surface area (Å²) in [5.41, 5.74) is 2.23. The number of hydrogen-bond acceptors (Lipinski definition) is 6. The van der Waals surface area contributed by atoms with Gasteiger partial charge in [-0.1, -0.05) is 31.7 Å². The van der Waals surface area contributed by atoms with Gasteiger partial charge in [-0.2, -0.15) is 0 Å². The van der Waals surface area contributed by atoms with E-state index in [1.165, 1.54) is 23.9 Å². The molecule has 0 aliphatic heterocycles. The van der Waals surface area contributed by atoms with Crippen LogP contribution in [0.5, 0.6) is 17.2 Å². The second-order valence-electron chi connectivity index (χ2n) is 10.1. The smallest absolute Gasteiger partial charge is 0.173 e. The summed E-state index contributed by atoms with van der Waals surface area (Å²) in [5.74, 6) is 2.07. The van der Waals surface area contributed by atoms with Crippen LogP contribution in [0.15, 0.2) is 84.4 Å². The van der Waals surface area contributed by atoms with Crippen LogP contribution in [0.3, 0.4) is 0 Å². The Kier molecular flexibility index (Phi) is 8.54. The molecule has 0 aliphatic rings. The van der Waals surface area contributed by atoms with Gasteiger partial charge in [-0.05, 0) is 61.0 Å². The molecule has 0 amide bonds. The molecule has 42 heavy (non-hydrogen) atoms. The largest absolute Gasteiger partial charge is 0.493 e. The molecule has 0 atom stereocenters. The van der Waals surface area contributed by atoms with Crippen molar-refractivity contribution in [2.75, 3.05) is 26.6 Å². The van der Waals surface area contributed by atoms with Gasteiger partial charge < -0.3 is 18.8 Å². The quantitative estimate of drug-likeness (QED) is 0.120. The lowest BCUT2D eigenvalue weighted by Crippen LogP contribution is -2.23. The highest BCUT2D eigenvalue weighted by molar-refractivity contribution is 7.99. The minimum atomic E-state index is -0.677. The number of methoxy groups -OCH3 is 2. The molecular formula is C32H32F2N4O3S. The molecule has 0 saturated carbocycles. The van der Waals surface area contributed by atoms with Crippen LogP contribution in [0.2, 0.25) is 0 Å². The third-order valence-electron chi connectivity index (χ3n) is 7.15. The predicted octanol–water partition coefficient (Wildman–Crippen LogP) is 7.16. The summed E-state index contributed by atoms with van der Waals surface area (Å²) in [6, 6.07) is 17.0. The fourth-order valence-corrected chi connectivity index (χ4v) is 5.59. The van der Waals surface area contributed by atoms with Gasteiger partial charge in [-0.15, -0.1) is 0 Å². The van der Waals surface area contributed by atoms with Gasteiger partial charge >= 0.3 is 0 Å². The topological polar surface area (TPSA) is 63.3 Å².